The Hall–Kier alpha value is -3.39. The lowest BCUT2D eigenvalue weighted by Gasteiger charge is -2.26. The van der Waals surface area contributed by atoms with Gasteiger partial charge in [-0.05, 0) is 30.3 Å². The van der Waals surface area contributed by atoms with Gasteiger partial charge in [0.25, 0.3) is 0 Å². The molecule has 1 atom stereocenters. The van der Waals surface area contributed by atoms with Crippen LogP contribution in [0.3, 0.4) is 0 Å². The molecule has 2 heterocycles. The van der Waals surface area contributed by atoms with Crippen LogP contribution in [-0.2, 0) is 9.59 Å². The maximum absolute atomic E-state index is 12.2. The van der Waals surface area contributed by atoms with Crippen LogP contribution in [0.2, 0.25) is 0 Å². The molecular formula is C23H23N3O4S. The number of nitrogens with one attached hydrogen (secondary N) is 2. The minimum Gasteiger partial charge on any atom is -0.493 e. The number of carbonyl (C=O) groups excluding carboxylic acids is 2. The van der Waals surface area contributed by atoms with Gasteiger partial charge in [-0.1, -0.05) is 18.2 Å². The SMILES string of the molecule is CC(=O)NC1CCOc2ccc(-c3csc(NC(=O)CCOc4ccccc4)n3)cc21. The zero-order valence-corrected chi connectivity index (χ0v) is 17.9. The molecule has 2 amide bonds. The van der Waals surface area contributed by atoms with Crippen molar-refractivity contribution in [3.63, 3.8) is 0 Å². The minimum absolute atomic E-state index is 0.0712. The van der Waals surface area contributed by atoms with Crippen molar-refractivity contribution in [2.75, 3.05) is 18.5 Å². The van der Waals surface area contributed by atoms with Crippen molar-refractivity contribution in [1.82, 2.24) is 10.3 Å². The van der Waals surface area contributed by atoms with Crippen LogP contribution in [-0.4, -0.2) is 30.0 Å². The van der Waals surface area contributed by atoms with E-state index in [1.807, 2.05) is 53.9 Å². The third-order valence-electron chi connectivity index (χ3n) is 4.81. The van der Waals surface area contributed by atoms with Crippen molar-refractivity contribution in [2.45, 2.75) is 25.8 Å². The summed E-state index contributed by atoms with van der Waals surface area (Å²) in [5.74, 6) is 1.29. The molecule has 1 aliphatic heterocycles. The lowest BCUT2D eigenvalue weighted by Crippen LogP contribution is -2.30. The van der Waals surface area contributed by atoms with Crippen molar-refractivity contribution in [3.05, 3.63) is 59.5 Å². The van der Waals surface area contributed by atoms with E-state index < -0.39 is 0 Å². The standard InChI is InChI=1S/C23H23N3O4S/c1-15(27)24-19-9-11-30-21-8-7-16(13-18(19)21)20-14-31-23(25-20)26-22(28)10-12-29-17-5-3-2-4-6-17/h2-8,13-14,19H,9-12H2,1H3,(H,24,27)(H,25,26,28). The van der Waals surface area contributed by atoms with Gasteiger partial charge in [-0.2, -0.15) is 0 Å². The van der Waals surface area contributed by atoms with Gasteiger partial charge in [-0.25, -0.2) is 4.98 Å². The predicted molar refractivity (Wildman–Crippen MR) is 119 cm³/mol. The molecule has 2 N–H and O–H groups in total. The van der Waals surface area contributed by atoms with E-state index in [0.717, 1.165) is 34.7 Å². The molecule has 1 unspecified atom stereocenters. The summed E-state index contributed by atoms with van der Waals surface area (Å²) in [5.41, 5.74) is 2.61. The molecule has 0 aliphatic carbocycles. The van der Waals surface area contributed by atoms with Crippen LogP contribution in [0.5, 0.6) is 11.5 Å². The van der Waals surface area contributed by atoms with Gasteiger partial charge in [0.1, 0.15) is 11.5 Å². The largest absolute Gasteiger partial charge is 0.493 e. The Balaban J connectivity index is 1.38. The van der Waals surface area contributed by atoms with Crippen molar-refractivity contribution in [2.24, 2.45) is 0 Å². The van der Waals surface area contributed by atoms with Crippen LogP contribution in [0.15, 0.2) is 53.9 Å². The van der Waals surface area contributed by atoms with Crippen molar-refractivity contribution in [3.8, 4) is 22.8 Å². The highest BCUT2D eigenvalue weighted by molar-refractivity contribution is 7.14. The van der Waals surface area contributed by atoms with Crippen molar-refractivity contribution in [1.29, 1.82) is 0 Å². The van der Waals surface area contributed by atoms with Crippen LogP contribution in [0.25, 0.3) is 11.3 Å². The number of nitrogens with zero attached hydrogens (tertiary/aromatic N) is 1. The number of aromatic nitrogens is 1. The van der Waals surface area contributed by atoms with E-state index in [-0.39, 0.29) is 24.3 Å². The molecular weight excluding hydrogens is 414 g/mol. The fourth-order valence-corrected chi connectivity index (χ4v) is 4.11. The molecule has 0 saturated carbocycles. The number of amides is 2. The first-order valence-corrected chi connectivity index (χ1v) is 10.9. The van der Waals surface area contributed by atoms with E-state index in [1.54, 1.807) is 0 Å². The monoisotopic (exact) mass is 437 g/mol. The maximum Gasteiger partial charge on any atom is 0.229 e. The number of fused-ring (bicyclic) bond motifs is 1. The smallest absolute Gasteiger partial charge is 0.229 e. The van der Waals surface area contributed by atoms with E-state index in [9.17, 15) is 9.59 Å². The summed E-state index contributed by atoms with van der Waals surface area (Å²) in [4.78, 5) is 28.3. The van der Waals surface area contributed by atoms with Gasteiger partial charge in [0.15, 0.2) is 5.13 Å². The summed E-state index contributed by atoms with van der Waals surface area (Å²) in [6.45, 7) is 2.38. The molecule has 1 aromatic heterocycles. The molecule has 1 aliphatic rings. The van der Waals surface area contributed by atoms with Gasteiger partial charge in [0, 0.05) is 29.9 Å². The molecule has 0 bridgehead atoms. The first-order valence-electron chi connectivity index (χ1n) is 10.1. The maximum atomic E-state index is 12.2. The Morgan fingerprint density at radius 3 is 2.87 bits per heavy atom. The summed E-state index contributed by atoms with van der Waals surface area (Å²) < 4.78 is 11.3. The van der Waals surface area contributed by atoms with Gasteiger partial charge in [-0.3, -0.25) is 9.59 Å². The first kappa shape index (κ1) is 20.9. The van der Waals surface area contributed by atoms with E-state index in [1.165, 1.54) is 18.3 Å². The average molecular weight is 438 g/mol. The number of benzene rings is 2. The van der Waals surface area contributed by atoms with Crippen molar-refractivity contribution >= 4 is 28.3 Å². The highest BCUT2D eigenvalue weighted by atomic mass is 32.1. The second kappa shape index (κ2) is 9.61. The van der Waals surface area contributed by atoms with Crippen LogP contribution in [0, 0.1) is 0 Å². The average Bonchev–Trinajstić information content (AvgIpc) is 3.22. The zero-order valence-electron chi connectivity index (χ0n) is 17.1. The van der Waals surface area contributed by atoms with Gasteiger partial charge in [0.2, 0.25) is 11.8 Å². The van der Waals surface area contributed by atoms with E-state index >= 15 is 0 Å². The quantitative estimate of drug-likeness (QED) is 0.579. The Bertz CT molecular complexity index is 1070. The summed E-state index contributed by atoms with van der Waals surface area (Å²) >= 11 is 1.37. The van der Waals surface area contributed by atoms with Gasteiger partial charge in [0.05, 0.1) is 31.4 Å². The third-order valence-corrected chi connectivity index (χ3v) is 5.57. The minimum atomic E-state index is -0.151. The molecule has 31 heavy (non-hydrogen) atoms. The normalized spacial score (nSPS) is 14.8. The van der Waals surface area contributed by atoms with E-state index in [2.05, 4.69) is 15.6 Å². The number of rotatable bonds is 7. The second-order valence-corrected chi connectivity index (χ2v) is 8.00. The third kappa shape index (κ3) is 5.40. The summed E-state index contributed by atoms with van der Waals surface area (Å²) in [7, 11) is 0. The number of anilines is 1. The Labute approximate surface area is 184 Å². The molecule has 4 rings (SSSR count). The number of para-hydroxylation sites is 1. The number of hydrogen-bond acceptors (Lipinski definition) is 6. The highest BCUT2D eigenvalue weighted by Crippen LogP contribution is 2.36. The lowest BCUT2D eigenvalue weighted by molar-refractivity contribution is -0.120. The summed E-state index contributed by atoms with van der Waals surface area (Å²) in [5, 5.41) is 8.23. The predicted octanol–water partition coefficient (Wildman–Crippen LogP) is 4.18. The van der Waals surface area contributed by atoms with Gasteiger partial charge in [-0.15, -0.1) is 11.3 Å². The summed E-state index contributed by atoms with van der Waals surface area (Å²) in [6.07, 6.45) is 0.956. The zero-order chi connectivity index (χ0) is 21.6. The summed E-state index contributed by atoms with van der Waals surface area (Å²) in [6, 6.07) is 15.1. The van der Waals surface area contributed by atoms with Crippen LogP contribution < -0.4 is 20.1 Å². The molecule has 0 saturated heterocycles. The Morgan fingerprint density at radius 2 is 2.06 bits per heavy atom. The number of carbonyl (C=O) groups is 2. The number of hydrogen-bond donors (Lipinski definition) is 2. The molecule has 8 heteroatoms. The van der Waals surface area contributed by atoms with Gasteiger partial charge >= 0.3 is 0 Å². The van der Waals surface area contributed by atoms with Crippen LogP contribution >= 0.6 is 11.3 Å². The fourth-order valence-electron chi connectivity index (χ4n) is 3.37. The molecule has 7 nitrogen and oxygen atoms in total. The molecule has 0 fully saturated rings. The van der Waals surface area contributed by atoms with E-state index in [4.69, 9.17) is 9.47 Å². The molecule has 3 aromatic rings. The molecule has 0 spiro atoms. The fraction of sp³-hybridized carbons (Fsp3) is 0.261. The first-order chi connectivity index (χ1) is 15.1. The second-order valence-electron chi connectivity index (χ2n) is 7.14. The number of ether oxygens (including phenoxy) is 2. The molecule has 0 radical (unpaired) electrons. The number of thiazole rings is 1. The van der Waals surface area contributed by atoms with Crippen LogP contribution in [0.1, 0.15) is 31.4 Å². The lowest BCUT2D eigenvalue weighted by atomic mass is 9.97. The molecule has 160 valence electrons. The highest BCUT2D eigenvalue weighted by Gasteiger charge is 2.23. The van der Waals surface area contributed by atoms with Gasteiger partial charge < -0.3 is 20.1 Å². The van der Waals surface area contributed by atoms with Crippen LogP contribution in [0.4, 0.5) is 5.13 Å². The van der Waals surface area contributed by atoms with E-state index in [0.29, 0.717) is 18.3 Å². The Kier molecular flexibility index (Phi) is 6.47. The van der Waals surface area contributed by atoms with Crippen molar-refractivity contribution < 1.29 is 19.1 Å². The Morgan fingerprint density at radius 1 is 1.23 bits per heavy atom. The topological polar surface area (TPSA) is 89.6 Å². The molecule has 2 aromatic carbocycles.